The maximum Gasteiger partial charge on any atom is 3.00 e. The molecular weight excluding hydrogens is 1180 g/mol. The van der Waals surface area contributed by atoms with E-state index in [9.17, 15) is 22.0 Å². The van der Waals surface area contributed by atoms with Gasteiger partial charge in [-0.15, -0.1) is 60.2 Å². The Labute approximate surface area is 466 Å². The minimum absolute atomic E-state index is 0. The number of pyridine rings is 3. The summed E-state index contributed by atoms with van der Waals surface area (Å²) < 4.78 is 84.5. The molecule has 12 rings (SSSR count). The van der Waals surface area contributed by atoms with Gasteiger partial charge in [-0.25, -0.2) is 8.78 Å². The average Bonchev–Trinajstić information content (AvgIpc) is 3.48. The Hall–Kier alpha value is -9.34. The molecule has 79 heavy (non-hydrogen) atoms. The van der Waals surface area contributed by atoms with Gasteiger partial charge in [0.1, 0.15) is 11.6 Å². The average molecular weight is 1220 g/mol. The second kappa shape index (κ2) is 23.9. The molecule has 10 heteroatoms. The van der Waals surface area contributed by atoms with Crippen LogP contribution in [0.2, 0.25) is 0 Å². The fourth-order valence-corrected chi connectivity index (χ4v) is 9.33. The van der Waals surface area contributed by atoms with Crippen LogP contribution in [-0.2, 0) is 20.1 Å². The van der Waals surface area contributed by atoms with Crippen LogP contribution in [0.15, 0.2) is 243 Å². The van der Waals surface area contributed by atoms with Crippen LogP contribution in [0.4, 0.5) is 26.3 Å². The Balaban J connectivity index is 0.000000408. The molecule has 0 N–H and O–H groups in total. The molecule has 12 aromatic rings. The van der Waals surface area contributed by atoms with Crippen molar-refractivity contribution in [3.63, 3.8) is 0 Å². The van der Waals surface area contributed by atoms with Gasteiger partial charge in [-0.05, 0) is 138 Å². The van der Waals surface area contributed by atoms with Gasteiger partial charge in [0.25, 0.3) is 0 Å². The molecule has 0 bridgehead atoms. The smallest absolute Gasteiger partial charge is 0.305 e. The Morgan fingerprint density at radius 1 is 0.291 bits per heavy atom. The van der Waals surface area contributed by atoms with Gasteiger partial charge >= 0.3 is 20.1 Å². The zero-order chi connectivity index (χ0) is 53.5. The van der Waals surface area contributed by atoms with E-state index in [1.54, 1.807) is 54.9 Å². The Bertz CT molecular complexity index is 4090. The van der Waals surface area contributed by atoms with Crippen LogP contribution in [0.1, 0.15) is 0 Å². The molecule has 0 unspecified atom stereocenters. The third-order valence-electron chi connectivity index (χ3n) is 13.1. The summed E-state index contributed by atoms with van der Waals surface area (Å²) in [4.78, 5) is 13.4. The number of hydrogen-bond acceptors (Lipinski definition) is 3. The zero-order valence-electron chi connectivity index (χ0n) is 41.5. The van der Waals surface area contributed by atoms with Crippen molar-refractivity contribution < 1.29 is 46.4 Å². The summed E-state index contributed by atoms with van der Waals surface area (Å²) >= 11 is 0. The topological polar surface area (TPSA) is 38.7 Å². The van der Waals surface area contributed by atoms with Crippen LogP contribution in [0.5, 0.6) is 0 Å². The third kappa shape index (κ3) is 12.0. The molecular formula is C69H40F6IrN3. The first-order valence-corrected chi connectivity index (χ1v) is 24.7. The minimum atomic E-state index is -0.779. The molecule has 0 aliphatic carbocycles. The fourth-order valence-electron chi connectivity index (χ4n) is 9.33. The fraction of sp³-hybridized carbons (Fsp3) is 0. The van der Waals surface area contributed by atoms with Crippen LogP contribution >= 0.6 is 0 Å². The second-order valence-electron chi connectivity index (χ2n) is 18.1. The molecule has 3 nitrogen and oxygen atoms in total. The summed E-state index contributed by atoms with van der Waals surface area (Å²) in [6, 6.07) is 74.3. The van der Waals surface area contributed by atoms with Crippen molar-refractivity contribution >= 4 is 0 Å². The van der Waals surface area contributed by atoms with Crippen molar-refractivity contribution in [1.82, 2.24) is 15.0 Å². The van der Waals surface area contributed by atoms with E-state index < -0.39 is 29.1 Å². The predicted octanol–water partition coefficient (Wildman–Crippen LogP) is 18.5. The largest absolute Gasteiger partial charge is 3.00 e. The first kappa shape index (κ1) is 53.1. The second-order valence-corrected chi connectivity index (χ2v) is 18.1. The van der Waals surface area contributed by atoms with Gasteiger partial charge < -0.3 is 15.0 Å². The molecule has 0 saturated carbocycles. The van der Waals surface area contributed by atoms with Gasteiger partial charge in [0.15, 0.2) is 0 Å². The first-order valence-electron chi connectivity index (χ1n) is 24.7. The molecule has 0 saturated heterocycles. The zero-order valence-corrected chi connectivity index (χ0v) is 43.9. The van der Waals surface area contributed by atoms with E-state index in [2.05, 4.69) is 76.7 Å². The monoisotopic (exact) mass is 1220 g/mol. The van der Waals surface area contributed by atoms with Gasteiger partial charge in [-0.1, -0.05) is 151 Å². The standard InChI is InChI=1S/C58H34F4N2.C11H6F2N.Ir/c59-46-15-9-14-41(31-46)43-28-44(30-45(29-43)53-32-47(60)23-25-50(53)42-22-27-57(63-35-42)52-26-24-48(61)33-56(52)62)49-16-7-8-17-51(49)55-36-64-58(40-12-5-2-6-13-40)34-54(55)39-20-18-38(19-21-39)37-10-3-1-4-11-37;12-8-4-5-9(10(13)7-8)11-3-1-2-6-14-11;/h1-12,14-25,27-36H;1-4,6-7H;/q-2;-1;+3. The van der Waals surface area contributed by atoms with E-state index in [1.807, 2.05) is 91.1 Å². The van der Waals surface area contributed by atoms with Crippen LogP contribution in [0, 0.1) is 53.1 Å². The molecule has 0 amide bonds. The van der Waals surface area contributed by atoms with Crippen molar-refractivity contribution in [2.24, 2.45) is 0 Å². The number of halogens is 6. The Kier molecular flexibility index (Phi) is 16.1. The Morgan fingerprint density at radius 3 is 1.52 bits per heavy atom. The van der Waals surface area contributed by atoms with Crippen LogP contribution < -0.4 is 0 Å². The van der Waals surface area contributed by atoms with E-state index in [0.717, 1.165) is 85.6 Å². The molecule has 0 radical (unpaired) electrons. The molecule has 0 aliphatic heterocycles. The van der Waals surface area contributed by atoms with E-state index >= 15 is 4.39 Å². The van der Waals surface area contributed by atoms with Crippen LogP contribution in [-0.4, -0.2) is 15.0 Å². The summed E-state index contributed by atoms with van der Waals surface area (Å²) in [6.45, 7) is 0. The molecule has 0 fully saturated rings. The van der Waals surface area contributed by atoms with Gasteiger partial charge in [-0.3, -0.25) is 17.6 Å². The molecule has 3 heterocycles. The van der Waals surface area contributed by atoms with Crippen molar-refractivity contribution in [3.05, 3.63) is 296 Å². The summed E-state index contributed by atoms with van der Waals surface area (Å²) in [7, 11) is 0. The van der Waals surface area contributed by atoms with E-state index in [-0.39, 0.29) is 42.7 Å². The van der Waals surface area contributed by atoms with Gasteiger partial charge in [-0.2, -0.15) is 0 Å². The summed E-state index contributed by atoms with van der Waals surface area (Å²) in [6.07, 6.45) is 5.03. The van der Waals surface area contributed by atoms with Crippen LogP contribution in [0.25, 0.3) is 112 Å². The van der Waals surface area contributed by atoms with Crippen molar-refractivity contribution in [2.45, 2.75) is 0 Å². The van der Waals surface area contributed by atoms with Gasteiger partial charge in [0.05, 0.1) is 0 Å². The number of benzene rings is 9. The summed E-state index contributed by atoms with van der Waals surface area (Å²) in [5.41, 5.74) is 14.2. The maximum absolute atomic E-state index is 15.4. The molecule has 382 valence electrons. The van der Waals surface area contributed by atoms with E-state index in [1.165, 1.54) is 24.3 Å². The molecule has 0 aliphatic rings. The van der Waals surface area contributed by atoms with E-state index in [0.29, 0.717) is 33.5 Å². The normalized spacial score (nSPS) is 10.8. The van der Waals surface area contributed by atoms with Crippen molar-refractivity contribution in [1.29, 1.82) is 0 Å². The number of rotatable bonds is 10. The van der Waals surface area contributed by atoms with Crippen molar-refractivity contribution in [2.75, 3.05) is 0 Å². The number of aromatic nitrogens is 3. The molecule has 0 atom stereocenters. The maximum atomic E-state index is 15.4. The van der Waals surface area contributed by atoms with Gasteiger partial charge in [0.2, 0.25) is 0 Å². The summed E-state index contributed by atoms with van der Waals surface area (Å²) in [5, 5.41) is 0. The first-order chi connectivity index (χ1) is 38.1. The predicted molar refractivity (Wildman–Crippen MR) is 297 cm³/mol. The van der Waals surface area contributed by atoms with Crippen molar-refractivity contribution in [3.8, 4) is 112 Å². The van der Waals surface area contributed by atoms with Crippen LogP contribution in [0.3, 0.4) is 0 Å². The summed E-state index contributed by atoms with van der Waals surface area (Å²) in [5.74, 6) is -3.64. The SMILES string of the molecule is Fc1c[c-]c(-c2ccccn2)c(F)c1.Fc1cccc(-c2cc(-c3cc(F)ccc3-c3ccc(-c4[c-]cc(F)cc4F)nc3)cc(-c3ccccc3-c3cnc(-c4[c-]cccc4)cc3-c3ccc(-c4ccccc4)cc3)c2)c1.[Ir+3]. The quantitative estimate of drug-likeness (QED) is 0.101. The Morgan fingerprint density at radius 2 is 0.861 bits per heavy atom. The molecule has 0 spiro atoms. The minimum Gasteiger partial charge on any atom is -0.305 e. The molecule has 9 aromatic carbocycles. The van der Waals surface area contributed by atoms with Gasteiger partial charge in [0, 0.05) is 47.4 Å². The third-order valence-corrected chi connectivity index (χ3v) is 13.1. The number of hydrogen-bond donors (Lipinski definition) is 0. The molecule has 3 aromatic heterocycles. The number of nitrogens with zero attached hydrogens (tertiary/aromatic N) is 3. The van der Waals surface area contributed by atoms with E-state index in [4.69, 9.17) is 4.98 Å².